The van der Waals surface area contributed by atoms with Crippen molar-refractivity contribution < 1.29 is 9.59 Å². The first-order valence-electron chi connectivity index (χ1n) is 7.04. The highest BCUT2D eigenvalue weighted by Gasteiger charge is 2.24. The van der Waals surface area contributed by atoms with Gasteiger partial charge in [0.1, 0.15) is 8.64 Å². The number of hydrogen-bond acceptors (Lipinski definition) is 6. The summed E-state index contributed by atoms with van der Waals surface area (Å²) in [6.07, 6.45) is 3.56. The van der Waals surface area contributed by atoms with Gasteiger partial charge < -0.3 is 0 Å². The van der Waals surface area contributed by atoms with Gasteiger partial charge in [-0.2, -0.15) is 0 Å². The Balaban J connectivity index is 1.57. The van der Waals surface area contributed by atoms with E-state index in [1.54, 1.807) is 33.3 Å². The summed E-state index contributed by atoms with van der Waals surface area (Å²) in [4.78, 5) is 27.3. The Morgan fingerprint density at radius 1 is 0.857 bits per heavy atom. The van der Waals surface area contributed by atoms with E-state index in [0.29, 0.717) is 21.5 Å². The van der Waals surface area contributed by atoms with Crippen molar-refractivity contribution in [2.75, 3.05) is 24.6 Å². The van der Waals surface area contributed by atoms with Gasteiger partial charge in [-0.3, -0.25) is 19.4 Å². The van der Waals surface area contributed by atoms with Crippen LogP contribution in [0.25, 0.3) is 0 Å². The van der Waals surface area contributed by atoms with Crippen LogP contribution in [0.5, 0.6) is 0 Å². The van der Waals surface area contributed by atoms with E-state index in [-0.39, 0.29) is 11.8 Å². The molecule has 0 N–H and O–H groups in total. The molecule has 0 unspecified atom stereocenters. The molecule has 4 nitrogen and oxygen atoms in total. The normalized spacial score (nSPS) is 18.7. The van der Waals surface area contributed by atoms with E-state index in [9.17, 15) is 9.59 Å². The molecule has 0 saturated carbocycles. The maximum atomic E-state index is 11.9. The van der Waals surface area contributed by atoms with Crippen LogP contribution in [-0.4, -0.2) is 54.9 Å². The second-order valence-electron chi connectivity index (χ2n) is 4.88. The van der Waals surface area contributed by atoms with Crippen LogP contribution in [0, 0.1) is 0 Å². The van der Waals surface area contributed by atoms with Crippen molar-refractivity contribution in [1.29, 1.82) is 0 Å². The number of unbranched alkanes of at least 4 members (excludes halogenated alkanes) is 2. The fourth-order valence-corrected chi connectivity index (χ4v) is 4.72. The minimum atomic E-state index is 0.119. The quantitative estimate of drug-likeness (QED) is 0.534. The van der Waals surface area contributed by atoms with Crippen LogP contribution >= 0.6 is 48.0 Å². The molecule has 2 rings (SSSR count). The van der Waals surface area contributed by atoms with Crippen molar-refractivity contribution in [1.82, 2.24) is 9.80 Å². The van der Waals surface area contributed by atoms with Gasteiger partial charge in [-0.05, 0) is 12.8 Å². The number of carbonyl (C=O) groups is 2. The predicted molar refractivity (Wildman–Crippen MR) is 96.6 cm³/mol. The van der Waals surface area contributed by atoms with Crippen LogP contribution in [0.2, 0.25) is 0 Å². The molecule has 8 heteroatoms. The van der Waals surface area contributed by atoms with Crippen molar-refractivity contribution in [3.8, 4) is 0 Å². The molecular formula is C13H18N2O2S4. The molecule has 0 radical (unpaired) electrons. The topological polar surface area (TPSA) is 40.6 Å². The predicted octanol–water partition coefficient (Wildman–Crippen LogP) is 2.66. The van der Waals surface area contributed by atoms with E-state index < -0.39 is 0 Å². The lowest BCUT2D eigenvalue weighted by atomic mass is 10.1. The highest BCUT2D eigenvalue weighted by Crippen LogP contribution is 2.21. The van der Waals surface area contributed by atoms with Crippen LogP contribution in [-0.2, 0) is 9.59 Å². The highest BCUT2D eigenvalue weighted by molar-refractivity contribution is 8.23. The molecule has 2 aliphatic heterocycles. The summed E-state index contributed by atoms with van der Waals surface area (Å²) in [5.74, 6) is 2.06. The summed E-state index contributed by atoms with van der Waals surface area (Å²) in [6.45, 7) is 1.48. The molecule has 0 aromatic heterocycles. The fraction of sp³-hybridized carbons (Fsp3) is 0.692. The summed E-state index contributed by atoms with van der Waals surface area (Å²) in [6, 6.07) is 0. The minimum absolute atomic E-state index is 0.119. The summed E-state index contributed by atoms with van der Waals surface area (Å²) in [5.41, 5.74) is 0. The average molecular weight is 363 g/mol. The van der Waals surface area contributed by atoms with Gasteiger partial charge in [0, 0.05) is 37.4 Å². The van der Waals surface area contributed by atoms with Crippen molar-refractivity contribution in [2.24, 2.45) is 0 Å². The van der Waals surface area contributed by atoms with Gasteiger partial charge in [-0.25, -0.2) is 0 Å². The molecule has 0 spiro atoms. The first-order valence-corrected chi connectivity index (χ1v) is 9.82. The lowest BCUT2D eigenvalue weighted by Crippen LogP contribution is -2.30. The number of thioether (sulfide) groups is 2. The number of hydrogen-bond donors (Lipinski definition) is 0. The number of rotatable bonds is 6. The first-order chi connectivity index (χ1) is 10.1. The molecule has 0 aromatic rings. The maximum absolute atomic E-state index is 11.9. The number of amides is 2. The van der Waals surface area contributed by atoms with Crippen LogP contribution in [0.15, 0.2) is 0 Å². The molecule has 2 amide bonds. The van der Waals surface area contributed by atoms with Crippen molar-refractivity contribution in [2.45, 2.75) is 32.1 Å². The summed E-state index contributed by atoms with van der Waals surface area (Å²) in [7, 11) is 0. The zero-order valence-corrected chi connectivity index (χ0v) is 15.0. The van der Waals surface area contributed by atoms with E-state index in [1.165, 1.54) is 0 Å². The Kier molecular flexibility index (Phi) is 6.91. The number of carbonyl (C=O) groups excluding carboxylic acids is 2. The third-order valence-electron chi connectivity index (χ3n) is 3.41. The molecule has 0 atom stereocenters. The van der Waals surface area contributed by atoms with E-state index in [1.807, 2.05) is 0 Å². The van der Waals surface area contributed by atoms with Crippen molar-refractivity contribution in [3.05, 3.63) is 0 Å². The Morgan fingerprint density at radius 2 is 1.29 bits per heavy atom. The molecule has 116 valence electrons. The molecule has 2 saturated heterocycles. The van der Waals surface area contributed by atoms with Gasteiger partial charge in [0.05, 0.1) is 0 Å². The van der Waals surface area contributed by atoms with Gasteiger partial charge in [0.25, 0.3) is 0 Å². The maximum Gasteiger partial charge on any atom is 0.228 e. The number of thiocarbonyl (C=S) groups is 2. The van der Waals surface area contributed by atoms with E-state index in [2.05, 4.69) is 0 Å². The van der Waals surface area contributed by atoms with Gasteiger partial charge >= 0.3 is 0 Å². The Bertz CT molecular complexity index is 415. The highest BCUT2D eigenvalue weighted by atomic mass is 32.2. The van der Waals surface area contributed by atoms with Gasteiger partial charge in [-0.1, -0.05) is 54.4 Å². The molecule has 2 heterocycles. The molecule has 2 fully saturated rings. The van der Waals surface area contributed by atoms with Crippen LogP contribution in [0.1, 0.15) is 32.1 Å². The van der Waals surface area contributed by atoms with E-state index in [0.717, 1.165) is 43.9 Å². The van der Waals surface area contributed by atoms with Crippen LogP contribution in [0.4, 0.5) is 0 Å². The number of nitrogens with zero attached hydrogens (tertiary/aromatic N) is 2. The van der Waals surface area contributed by atoms with Crippen molar-refractivity contribution in [3.63, 3.8) is 0 Å². The van der Waals surface area contributed by atoms with Gasteiger partial charge in [0.15, 0.2) is 0 Å². The third-order valence-corrected chi connectivity index (χ3v) is 6.26. The molecule has 0 aromatic carbocycles. The van der Waals surface area contributed by atoms with Crippen LogP contribution in [0.3, 0.4) is 0 Å². The SMILES string of the molecule is O=C(CCCCCC(=O)N1CCSC1=S)N1CCSC1=S. The summed E-state index contributed by atoms with van der Waals surface area (Å²) in [5, 5.41) is 0. The average Bonchev–Trinajstić information content (AvgIpc) is 3.06. The van der Waals surface area contributed by atoms with E-state index in [4.69, 9.17) is 24.4 Å². The lowest BCUT2D eigenvalue weighted by molar-refractivity contribution is -0.127. The smallest absolute Gasteiger partial charge is 0.228 e. The minimum Gasteiger partial charge on any atom is -0.297 e. The van der Waals surface area contributed by atoms with Gasteiger partial charge in [0.2, 0.25) is 11.8 Å². The van der Waals surface area contributed by atoms with Crippen LogP contribution < -0.4 is 0 Å². The Hall–Kier alpha value is -0.180. The van der Waals surface area contributed by atoms with Crippen molar-refractivity contribution >= 4 is 68.4 Å². The summed E-state index contributed by atoms with van der Waals surface area (Å²) < 4.78 is 1.41. The Morgan fingerprint density at radius 3 is 1.62 bits per heavy atom. The lowest BCUT2D eigenvalue weighted by Gasteiger charge is -2.15. The molecule has 0 aliphatic carbocycles. The molecule has 2 aliphatic rings. The Labute approximate surface area is 144 Å². The molecule has 0 bridgehead atoms. The largest absolute Gasteiger partial charge is 0.297 e. The zero-order valence-electron chi connectivity index (χ0n) is 11.7. The molecular weight excluding hydrogens is 344 g/mol. The fourth-order valence-electron chi connectivity index (χ4n) is 2.24. The third kappa shape index (κ3) is 4.91. The second kappa shape index (κ2) is 8.45. The second-order valence-corrected chi connectivity index (χ2v) is 8.34. The zero-order chi connectivity index (χ0) is 15.2. The summed E-state index contributed by atoms with van der Waals surface area (Å²) >= 11 is 13.4. The first kappa shape index (κ1) is 17.2. The monoisotopic (exact) mass is 362 g/mol. The molecule has 21 heavy (non-hydrogen) atoms. The van der Waals surface area contributed by atoms with E-state index >= 15 is 0 Å². The standard InChI is InChI=1S/C13H18N2O2S4/c16-10(14-6-8-20-12(14)18)4-2-1-3-5-11(17)15-7-9-21-13(15)19/h1-9H2. The van der Waals surface area contributed by atoms with Gasteiger partial charge in [-0.15, -0.1) is 0 Å².